The van der Waals surface area contributed by atoms with E-state index < -0.39 is 0 Å². The number of carbonyl (C=O) groups excluding carboxylic acids is 1. The van der Waals surface area contributed by atoms with Crippen LogP contribution >= 0.6 is 0 Å². The largest absolute Gasteiger partial charge is 0.496 e. The Kier molecular flexibility index (Phi) is 4.18. The minimum Gasteiger partial charge on any atom is -0.496 e. The molecule has 1 aromatic heterocycles. The predicted octanol–water partition coefficient (Wildman–Crippen LogP) is 2.30. The number of carbonyl (C=O) groups is 1. The van der Waals surface area contributed by atoms with E-state index in [0.717, 1.165) is 16.9 Å². The molecule has 1 aromatic carbocycles. The van der Waals surface area contributed by atoms with E-state index in [1.807, 2.05) is 31.2 Å². The molecule has 0 saturated heterocycles. The first-order valence-corrected chi connectivity index (χ1v) is 6.12. The number of anilines is 1. The molecular formula is C14H17N3O2. The second kappa shape index (κ2) is 6.04. The van der Waals surface area contributed by atoms with Crippen molar-refractivity contribution in [3.63, 3.8) is 0 Å². The molecule has 5 heteroatoms. The molecular weight excluding hydrogens is 242 g/mol. The lowest BCUT2D eigenvalue weighted by atomic mass is 10.1. The third-order valence-electron chi connectivity index (χ3n) is 2.91. The molecule has 0 aliphatic rings. The molecule has 0 aliphatic heterocycles. The number of hydrogen-bond acceptors (Lipinski definition) is 3. The molecule has 0 fully saturated rings. The van der Waals surface area contributed by atoms with Crippen molar-refractivity contribution >= 4 is 11.7 Å². The van der Waals surface area contributed by atoms with Crippen molar-refractivity contribution in [2.75, 3.05) is 12.4 Å². The lowest BCUT2D eigenvalue weighted by Gasteiger charge is -2.08. The summed E-state index contributed by atoms with van der Waals surface area (Å²) in [5.41, 5.74) is 1.95. The van der Waals surface area contributed by atoms with E-state index >= 15 is 0 Å². The maximum atomic E-state index is 11.8. The molecule has 0 radical (unpaired) electrons. The molecule has 0 unspecified atom stereocenters. The third-order valence-corrected chi connectivity index (χ3v) is 2.91. The fraction of sp³-hybridized carbons (Fsp3) is 0.286. The zero-order valence-corrected chi connectivity index (χ0v) is 11.1. The highest BCUT2D eigenvalue weighted by Gasteiger charge is 2.08. The van der Waals surface area contributed by atoms with E-state index in [9.17, 15) is 4.79 Å². The lowest BCUT2D eigenvalue weighted by molar-refractivity contribution is -0.116. The van der Waals surface area contributed by atoms with Crippen LogP contribution in [0.3, 0.4) is 0 Å². The summed E-state index contributed by atoms with van der Waals surface area (Å²) in [5, 5.41) is 9.41. The van der Waals surface area contributed by atoms with Gasteiger partial charge in [0.05, 0.1) is 13.3 Å². The first-order valence-electron chi connectivity index (χ1n) is 6.12. The van der Waals surface area contributed by atoms with Gasteiger partial charge in [0.25, 0.3) is 0 Å². The average Bonchev–Trinajstić information content (AvgIpc) is 2.82. The number of aromatic amines is 1. The van der Waals surface area contributed by atoms with Gasteiger partial charge >= 0.3 is 0 Å². The second-order valence-corrected chi connectivity index (χ2v) is 4.29. The number of aryl methyl sites for hydroxylation is 2. The number of methoxy groups -OCH3 is 1. The van der Waals surface area contributed by atoms with Crippen LogP contribution in [0.4, 0.5) is 5.82 Å². The Balaban J connectivity index is 1.92. The summed E-state index contributed by atoms with van der Waals surface area (Å²) in [4.78, 5) is 11.8. The summed E-state index contributed by atoms with van der Waals surface area (Å²) >= 11 is 0. The minimum atomic E-state index is -0.0433. The van der Waals surface area contributed by atoms with Gasteiger partial charge in [0, 0.05) is 12.0 Å². The summed E-state index contributed by atoms with van der Waals surface area (Å²) in [6.07, 6.45) is 2.72. The van der Waals surface area contributed by atoms with Gasteiger partial charge in [-0.25, -0.2) is 0 Å². The Labute approximate surface area is 112 Å². The van der Waals surface area contributed by atoms with Gasteiger partial charge in [-0.2, -0.15) is 5.10 Å². The van der Waals surface area contributed by atoms with Crippen LogP contribution in [0.2, 0.25) is 0 Å². The fourth-order valence-corrected chi connectivity index (χ4v) is 1.83. The van der Waals surface area contributed by atoms with Gasteiger partial charge in [0.1, 0.15) is 11.6 Å². The van der Waals surface area contributed by atoms with Crippen LogP contribution < -0.4 is 10.1 Å². The number of amides is 1. The zero-order valence-electron chi connectivity index (χ0n) is 11.1. The lowest BCUT2D eigenvalue weighted by Crippen LogP contribution is -2.13. The van der Waals surface area contributed by atoms with Crippen LogP contribution in [0.25, 0.3) is 0 Å². The van der Waals surface area contributed by atoms with Gasteiger partial charge in [-0.3, -0.25) is 9.89 Å². The highest BCUT2D eigenvalue weighted by atomic mass is 16.5. The fourth-order valence-electron chi connectivity index (χ4n) is 1.83. The van der Waals surface area contributed by atoms with Crippen molar-refractivity contribution in [3.05, 3.63) is 41.6 Å². The summed E-state index contributed by atoms with van der Waals surface area (Å²) < 4.78 is 5.25. The van der Waals surface area contributed by atoms with E-state index in [4.69, 9.17) is 4.74 Å². The van der Waals surface area contributed by atoms with E-state index in [-0.39, 0.29) is 5.91 Å². The van der Waals surface area contributed by atoms with Gasteiger partial charge in [0.15, 0.2) is 0 Å². The van der Waals surface area contributed by atoms with Crippen LogP contribution in [-0.4, -0.2) is 23.2 Å². The zero-order chi connectivity index (χ0) is 13.7. The predicted molar refractivity (Wildman–Crippen MR) is 73.3 cm³/mol. The number of rotatable bonds is 5. The van der Waals surface area contributed by atoms with Crippen LogP contribution in [0, 0.1) is 6.92 Å². The van der Waals surface area contributed by atoms with E-state index in [2.05, 4.69) is 15.5 Å². The van der Waals surface area contributed by atoms with Crippen molar-refractivity contribution in [3.8, 4) is 5.75 Å². The molecule has 2 rings (SSSR count). The van der Waals surface area contributed by atoms with Crippen molar-refractivity contribution < 1.29 is 9.53 Å². The van der Waals surface area contributed by atoms with Crippen LogP contribution in [0.1, 0.15) is 17.5 Å². The van der Waals surface area contributed by atoms with Gasteiger partial charge in [-0.1, -0.05) is 18.2 Å². The molecule has 1 heterocycles. The molecule has 0 atom stereocenters. The summed E-state index contributed by atoms with van der Waals surface area (Å²) in [6.45, 7) is 1.89. The minimum absolute atomic E-state index is 0.0433. The van der Waals surface area contributed by atoms with Crippen LogP contribution in [0.15, 0.2) is 30.5 Å². The molecule has 2 aromatic rings. The average molecular weight is 259 g/mol. The molecule has 19 heavy (non-hydrogen) atoms. The SMILES string of the molecule is COc1ccccc1CCC(=O)Nc1[nH]ncc1C. The molecule has 0 bridgehead atoms. The molecule has 0 spiro atoms. The maximum Gasteiger partial charge on any atom is 0.225 e. The van der Waals surface area contributed by atoms with Crippen molar-refractivity contribution in [2.45, 2.75) is 19.8 Å². The molecule has 5 nitrogen and oxygen atoms in total. The quantitative estimate of drug-likeness (QED) is 0.865. The Morgan fingerprint density at radius 2 is 2.21 bits per heavy atom. The van der Waals surface area contributed by atoms with Gasteiger partial charge in [-0.05, 0) is 25.0 Å². The van der Waals surface area contributed by atoms with Crippen molar-refractivity contribution in [1.29, 1.82) is 0 Å². The normalized spacial score (nSPS) is 10.2. The number of benzene rings is 1. The smallest absolute Gasteiger partial charge is 0.225 e. The van der Waals surface area contributed by atoms with E-state index in [1.165, 1.54) is 0 Å². The van der Waals surface area contributed by atoms with Crippen molar-refractivity contribution in [1.82, 2.24) is 10.2 Å². The Hall–Kier alpha value is -2.30. The summed E-state index contributed by atoms with van der Waals surface area (Å²) in [7, 11) is 1.63. The standard InChI is InChI=1S/C14H17N3O2/c1-10-9-15-17-14(10)16-13(18)8-7-11-5-3-4-6-12(11)19-2/h3-6,9H,7-8H2,1-2H3,(H2,15,16,17,18). The van der Waals surface area contributed by atoms with Crippen molar-refractivity contribution in [2.24, 2.45) is 0 Å². The topological polar surface area (TPSA) is 67.0 Å². The van der Waals surface area contributed by atoms with E-state index in [1.54, 1.807) is 13.3 Å². The maximum absolute atomic E-state index is 11.8. The van der Waals surface area contributed by atoms with Crippen LogP contribution in [-0.2, 0) is 11.2 Å². The molecule has 1 amide bonds. The molecule has 0 aliphatic carbocycles. The number of ether oxygens (including phenoxy) is 1. The summed E-state index contributed by atoms with van der Waals surface area (Å²) in [6, 6.07) is 7.71. The van der Waals surface area contributed by atoms with Gasteiger partial charge in [-0.15, -0.1) is 0 Å². The van der Waals surface area contributed by atoms with Gasteiger partial charge < -0.3 is 10.1 Å². The number of H-pyrrole nitrogens is 1. The van der Waals surface area contributed by atoms with E-state index in [0.29, 0.717) is 18.7 Å². The number of nitrogens with zero attached hydrogens (tertiary/aromatic N) is 1. The number of nitrogens with one attached hydrogen (secondary N) is 2. The molecule has 2 N–H and O–H groups in total. The Bertz CT molecular complexity index is 563. The monoisotopic (exact) mass is 259 g/mol. The van der Waals surface area contributed by atoms with Crippen LogP contribution in [0.5, 0.6) is 5.75 Å². The molecule has 0 saturated carbocycles. The van der Waals surface area contributed by atoms with Gasteiger partial charge in [0.2, 0.25) is 5.91 Å². The first kappa shape index (κ1) is 13.1. The number of hydrogen-bond donors (Lipinski definition) is 2. The Morgan fingerprint density at radius 1 is 1.42 bits per heavy atom. The number of para-hydroxylation sites is 1. The highest BCUT2D eigenvalue weighted by molar-refractivity contribution is 5.90. The molecule has 100 valence electrons. The highest BCUT2D eigenvalue weighted by Crippen LogP contribution is 2.19. The third kappa shape index (κ3) is 3.34. The summed E-state index contributed by atoms with van der Waals surface area (Å²) in [5.74, 6) is 1.43. The second-order valence-electron chi connectivity index (χ2n) is 4.29. The number of aromatic nitrogens is 2. The Morgan fingerprint density at radius 3 is 2.89 bits per heavy atom. The first-order chi connectivity index (χ1) is 9.20.